The lowest BCUT2D eigenvalue weighted by Gasteiger charge is -2.08. The molecule has 0 spiro atoms. The average molecular weight is 417 g/mol. The summed E-state index contributed by atoms with van der Waals surface area (Å²) >= 11 is 2.56. The van der Waals surface area contributed by atoms with Crippen LogP contribution in [0.5, 0.6) is 0 Å². The molecule has 0 amide bonds. The Morgan fingerprint density at radius 1 is 1.39 bits per heavy atom. The van der Waals surface area contributed by atoms with Gasteiger partial charge in [-0.15, -0.1) is 21.5 Å². The first kappa shape index (κ1) is 17.4. The zero-order chi connectivity index (χ0) is 19.6. The minimum atomic E-state index is -0.515. The first-order chi connectivity index (χ1) is 13.4. The van der Waals surface area contributed by atoms with E-state index in [1.807, 2.05) is 17.4 Å². The van der Waals surface area contributed by atoms with Crippen molar-refractivity contribution in [2.75, 3.05) is 0 Å². The van der Waals surface area contributed by atoms with Crippen molar-refractivity contribution >= 4 is 44.9 Å². The summed E-state index contributed by atoms with van der Waals surface area (Å²) in [6.07, 6.45) is 3.62. The molecule has 4 aromatic heterocycles. The van der Waals surface area contributed by atoms with E-state index >= 15 is 0 Å². The number of imidazole rings is 1. The van der Waals surface area contributed by atoms with Crippen LogP contribution in [-0.2, 0) is 13.6 Å². The maximum absolute atomic E-state index is 13.0. The summed E-state index contributed by atoms with van der Waals surface area (Å²) in [7, 11) is 1.69. The van der Waals surface area contributed by atoms with Gasteiger partial charge in [0.25, 0.3) is 5.56 Å². The molecule has 4 heterocycles. The Morgan fingerprint density at radius 2 is 2.18 bits per heavy atom. The SMILES string of the molecule is Cc1cc2c(s1)c(=O)n(CC1CC1)c1nnc(Sc3c([N+](=O)[O-])ncn3C)n21. The monoisotopic (exact) mass is 417 g/mol. The highest BCUT2D eigenvalue weighted by atomic mass is 32.2. The number of nitro groups is 1. The molecule has 0 N–H and O–H groups in total. The summed E-state index contributed by atoms with van der Waals surface area (Å²) in [6.45, 7) is 2.56. The van der Waals surface area contributed by atoms with E-state index in [1.165, 1.54) is 17.7 Å². The number of thiophene rings is 1. The maximum atomic E-state index is 13.0. The van der Waals surface area contributed by atoms with E-state index in [2.05, 4.69) is 15.2 Å². The Hall–Kier alpha value is -2.73. The second-order valence-electron chi connectivity index (χ2n) is 6.89. The van der Waals surface area contributed by atoms with Crippen molar-refractivity contribution in [1.29, 1.82) is 0 Å². The number of aromatic nitrogens is 6. The van der Waals surface area contributed by atoms with Gasteiger partial charge in [0.1, 0.15) is 4.70 Å². The Balaban J connectivity index is 1.75. The number of hydrogen-bond donors (Lipinski definition) is 0. The van der Waals surface area contributed by atoms with Crippen LogP contribution in [0.1, 0.15) is 17.7 Å². The first-order valence-electron chi connectivity index (χ1n) is 8.65. The van der Waals surface area contributed by atoms with Gasteiger partial charge in [-0.2, -0.15) is 0 Å². The van der Waals surface area contributed by atoms with Crippen molar-refractivity contribution in [3.63, 3.8) is 0 Å². The molecule has 12 heteroatoms. The predicted molar refractivity (Wildman–Crippen MR) is 104 cm³/mol. The van der Waals surface area contributed by atoms with Crippen LogP contribution in [0.3, 0.4) is 0 Å². The van der Waals surface area contributed by atoms with Gasteiger partial charge in [0, 0.05) is 18.5 Å². The molecule has 0 atom stereocenters. The van der Waals surface area contributed by atoms with Gasteiger partial charge in [-0.25, -0.2) is 0 Å². The maximum Gasteiger partial charge on any atom is 0.396 e. The van der Waals surface area contributed by atoms with E-state index in [9.17, 15) is 14.9 Å². The standard InChI is InChI=1S/C16H15N7O3S2/c1-8-5-10-11(27-8)13(24)21(6-9-3-4-9)15-18-19-16(22(10)15)28-14-12(23(25)26)17-7-20(14)2/h5,7,9H,3-4,6H2,1-2H3. The molecular formula is C16H15N7O3S2. The van der Waals surface area contributed by atoms with E-state index in [4.69, 9.17) is 0 Å². The smallest absolute Gasteiger partial charge is 0.358 e. The molecule has 28 heavy (non-hydrogen) atoms. The van der Waals surface area contributed by atoms with E-state index in [1.54, 1.807) is 16.2 Å². The van der Waals surface area contributed by atoms with E-state index in [0.29, 0.717) is 33.1 Å². The highest BCUT2D eigenvalue weighted by Crippen LogP contribution is 2.35. The van der Waals surface area contributed by atoms with Crippen LogP contribution in [0.25, 0.3) is 16.0 Å². The molecule has 0 unspecified atom stereocenters. The summed E-state index contributed by atoms with van der Waals surface area (Å²) in [5.74, 6) is 0.730. The molecule has 1 saturated carbocycles. The molecule has 4 aromatic rings. The van der Waals surface area contributed by atoms with Crippen LogP contribution < -0.4 is 5.56 Å². The lowest BCUT2D eigenvalue weighted by atomic mass is 10.4. The topological polar surface area (TPSA) is 113 Å². The molecule has 144 valence electrons. The molecule has 0 radical (unpaired) electrons. The molecule has 0 bridgehead atoms. The first-order valence-corrected chi connectivity index (χ1v) is 10.3. The third-order valence-electron chi connectivity index (χ3n) is 4.74. The van der Waals surface area contributed by atoms with Gasteiger partial charge in [-0.05, 0) is 53.4 Å². The molecule has 1 aliphatic rings. The Kier molecular flexibility index (Phi) is 3.81. The quantitative estimate of drug-likeness (QED) is 0.362. The predicted octanol–water partition coefficient (Wildman–Crippen LogP) is 2.62. The average Bonchev–Trinajstić information content (AvgIpc) is 3.05. The third kappa shape index (κ3) is 2.63. The molecular weight excluding hydrogens is 402 g/mol. The largest absolute Gasteiger partial charge is 0.396 e. The second-order valence-corrected chi connectivity index (χ2v) is 9.10. The summed E-state index contributed by atoms with van der Waals surface area (Å²) < 4.78 is 5.74. The van der Waals surface area contributed by atoms with Gasteiger partial charge in [0.05, 0.1) is 5.52 Å². The summed E-state index contributed by atoms with van der Waals surface area (Å²) in [6, 6.07) is 1.93. The molecule has 1 fully saturated rings. The van der Waals surface area contributed by atoms with Crippen LogP contribution in [0.4, 0.5) is 5.82 Å². The molecule has 1 aliphatic carbocycles. The molecule has 5 rings (SSSR count). The Morgan fingerprint density at radius 3 is 2.89 bits per heavy atom. The van der Waals surface area contributed by atoms with Crippen LogP contribution in [0, 0.1) is 23.0 Å². The van der Waals surface area contributed by atoms with E-state index < -0.39 is 4.92 Å². The lowest BCUT2D eigenvalue weighted by Crippen LogP contribution is -2.23. The van der Waals surface area contributed by atoms with E-state index in [0.717, 1.165) is 35.0 Å². The van der Waals surface area contributed by atoms with Crippen molar-refractivity contribution in [3.05, 3.63) is 37.7 Å². The Bertz CT molecular complexity index is 1310. The number of hydrogen-bond acceptors (Lipinski definition) is 8. The number of rotatable bonds is 5. The van der Waals surface area contributed by atoms with Crippen molar-refractivity contribution in [2.45, 2.75) is 36.5 Å². The fourth-order valence-electron chi connectivity index (χ4n) is 3.21. The van der Waals surface area contributed by atoms with Gasteiger partial charge < -0.3 is 14.7 Å². The number of nitrogens with zero attached hydrogens (tertiary/aromatic N) is 7. The van der Waals surface area contributed by atoms with Crippen LogP contribution in [0.2, 0.25) is 0 Å². The Labute approximate surface area is 166 Å². The van der Waals surface area contributed by atoms with Gasteiger partial charge in [-0.1, -0.05) is 0 Å². The molecule has 0 saturated heterocycles. The van der Waals surface area contributed by atoms with Crippen molar-refractivity contribution in [2.24, 2.45) is 13.0 Å². The lowest BCUT2D eigenvalue weighted by molar-refractivity contribution is -0.392. The molecule has 0 aliphatic heterocycles. The minimum absolute atomic E-state index is 0.0528. The zero-order valence-electron chi connectivity index (χ0n) is 15.0. The van der Waals surface area contributed by atoms with E-state index in [-0.39, 0.29) is 11.4 Å². The number of fused-ring (bicyclic) bond motifs is 3. The summed E-state index contributed by atoms with van der Waals surface area (Å²) in [5, 5.41) is 20.6. The van der Waals surface area contributed by atoms with Crippen LogP contribution in [-0.4, -0.2) is 33.6 Å². The van der Waals surface area contributed by atoms with Crippen molar-refractivity contribution < 1.29 is 4.92 Å². The summed E-state index contributed by atoms with van der Waals surface area (Å²) in [5.41, 5.74) is 0.676. The minimum Gasteiger partial charge on any atom is -0.358 e. The van der Waals surface area contributed by atoms with Crippen molar-refractivity contribution in [1.82, 2.24) is 28.7 Å². The fourth-order valence-corrected chi connectivity index (χ4v) is 5.09. The zero-order valence-corrected chi connectivity index (χ0v) is 16.7. The van der Waals surface area contributed by atoms with Crippen LogP contribution >= 0.6 is 23.1 Å². The summed E-state index contributed by atoms with van der Waals surface area (Å²) in [4.78, 5) is 28.7. The van der Waals surface area contributed by atoms with Gasteiger partial charge >= 0.3 is 5.82 Å². The normalized spacial score (nSPS) is 14.4. The van der Waals surface area contributed by atoms with Crippen molar-refractivity contribution in [3.8, 4) is 0 Å². The van der Waals surface area contributed by atoms with Gasteiger partial charge in [0.15, 0.2) is 5.03 Å². The van der Waals surface area contributed by atoms with Crippen LogP contribution in [0.15, 0.2) is 27.4 Å². The molecule has 10 nitrogen and oxygen atoms in total. The second kappa shape index (κ2) is 6.14. The highest BCUT2D eigenvalue weighted by Gasteiger charge is 2.28. The number of aryl methyl sites for hydroxylation is 2. The highest BCUT2D eigenvalue weighted by molar-refractivity contribution is 7.99. The molecule has 0 aromatic carbocycles. The van der Waals surface area contributed by atoms with Gasteiger partial charge in [0.2, 0.25) is 17.3 Å². The van der Waals surface area contributed by atoms with Gasteiger partial charge in [-0.3, -0.25) is 13.8 Å². The third-order valence-corrected chi connectivity index (χ3v) is 6.88. The fraction of sp³-hybridized carbons (Fsp3) is 0.375.